The van der Waals surface area contributed by atoms with E-state index in [0.717, 1.165) is 45.4 Å². The highest BCUT2D eigenvalue weighted by Gasteiger charge is 2.34. The van der Waals surface area contributed by atoms with E-state index in [1.54, 1.807) is 32.4 Å². The van der Waals surface area contributed by atoms with Crippen LogP contribution in [0.2, 0.25) is 0 Å². The second-order valence-corrected chi connectivity index (χ2v) is 10.7. The van der Waals surface area contributed by atoms with Gasteiger partial charge in [0.2, 0.25) is 5.91 Å². The van der Waals surface area contributed by atoms with Gasteiger partial charge in [-0.15, -0.1) is 0 Å². The molecule has 1 aromatic carbocycles. The van der Waals surface area contributed by atoms with Gasteiger partial charge in [-0.05, 0) is 65.9 Å². The summed E-state index contributed by atoms with van der Waals surface area (Å²) in [4.78, 5) is 35.1. The number of nitrogens with zero attached hydrogens (tertiary/aromatic N) is 4. The molecule has 1 aromatic rings. The molecule has 0 spiro atoms. The molecule has 38 heavy (non-hydrogen) atoms. The third kappa shape index (κ3) is 9.17. The van der Waals surface area contributed by atoms with Gasteiger partial charge < -0.3 is 33.7 Å². The van der Waals surface area contributed by atoms with Crippen LogP contribution in [-0.4, -0.2) is 125 Å². The van der Waals surface area contributed by atoms with Crippen molar-refractivity contribution in [2.45, 2.75) is 64.6 Å². The number of hydrogen-bond donors (Lipinski definition) is 0. The first-order valence-electron chi connectivity index (χ1n) is 13.9. The fourth-order valence-electron chi connectivity index (χ4n) is 5.05. The van der Waals surface area contributed by atoms with Crippen molar-refractivity contribution in [2.24, 2.45) is 0 Å². The Balaban J connectivity index is 2.08. The molecule has 2 rings (SSSR count). The molecule has 2 atom stereocenters. The van der Waals surface area contributed by atoms with E-state index in [-0.39, 0.29) is 29.9 Å². The van der Waals surface area contributed by atoms with Crippen LogP contribution in [0.1, 0.15) is 56.8 Å². The van der Waals surface area contributed by atoms with Crippen LogP contribution in [-0.2, 0) is 9.53 Å². The highest BCUT2D eigenvalue weighted by atomic mass is 16.5. The van der Waals surface area contributed by atoms with E-state index in [9.17, 15) is 9.59 Å². The Morgan fingerprint density at radius 3 is 2.42 bits per heavy atom. The second-order valence-electron chi connectivity index (χ2n) is 10.7. The third-order valence-electron chi connectivity index (χ3n) is 7.26. The zero-order valence-corrected chi connectivity index (χ0v) is 24.9. The number of methoxy groups -OCH3 is 2. The molecule has 1 fully saturated rings. The molecule has 0 saturated carbocycles. The third-order valence-corrected chi connectivity index (χ3v) is 7.26. The summed E-state index contributed by atoms with van der Waals surface area (Å²) in [5.41, 5.74) is 0.584. The van der Waals surface area contributed by atoms with E-state index >= 15 is 0 Å². The van der Waals surface area contributed by atoms with Gasteiger partial charge in [0.1, 0.15) is 0 Å². The monoisotopic (exact) mass is 532 g/mol. The standard InChI is InChI=1S/C28H49BN4O5/c1-8-31(15-14-30(4)5)27(34)19-23-11-12-24(20-32(23)29)33(21(2)3)28(35)22-10-13-25(37-7)26(18-22)38-17-9-16-36-6/h10,13,18,21,23-24H,8-9,11-12,14-17,19-20,29H2,1-7H3/t23-,24?/m0/s1. The van der Waals surface area contributed by atoms with Gasteiger partial charge in [-0.2, -0.15) is 0 Å². The van der Waals surface area contributed by atoms with Crippen molar-refractivity contribution in [3.05, 3.63) is 23.8 Å². The van der Waals surface area contributed by atoms with Crippen LogP contribution in [0, 0.1) is 0 Å². The van der Waals surface area contributed by atoms with E-state index in [0.29, 0.717) is 36.7 Å². The van der Waals surface area contributed by atoms with Gasteiger partial charge in [0.05, 0.1) is 13.7 Å². The normalized spacial score (nSPS) is 18.0. The van der Waals surface area contributed by atoms with Gasteiger partial charge in [0.15, 0.2) is 19.5 Å². The summed E-state index contributed by atoms with van der Waals surface area (Å²) in [6, 6.07) is 5.67. The highest BCUT2D eigenvalue weighted by Crippen LogP contribution is 2.31. The average molecular weight is 533 g/mol. The maximum atomic E-state index is 13.8. The first kappa shape index (κ1) is 31.9. The lowest BCUT2D eigenvalue weighted by molar-refractivity contribution is -0.132. The molecule has 1 saturated heterocycles. The molecule has 2 amide bonds. The molecule has 9 nitrogen and oxygen atoms in total. The van der Waals surface area contributed by atoms with Crippen molar-refractivity contribution in [2.75, 3.05) is 67.7 Å². The Morgan fingerprint density at radius 1 is 1.11 bits per heavy atom. The van der Waals surface area contributed by atoms with E-state index in [1.165, 1.54) is 0 Å². The van der Waals surface area contributed by atoms with Gasteiger partial charge in [-0.25, -0.2) is 0 Å². The lowest BCUT2D eigenvalue weighted by Gasteiger charge is -2.44. The number of carbonyl (C=O) groups excluding carboxylic acids is 2. The summed E-state index contributed by atoms with van der Waals surface area (Å²) in [5.74, 6) is 1.36. The van der Waals surface area contributed by atoms with Gasteiger partial charge >= 0.3 is 0 Å². The van der Waals surface area contributed by atoms with Crippen molar-refractivity contribution < 1.29 is 23.8 Å². The molecule has 0 aliphatic carbocycles. The molecule has 1 unspecified atom stereocenters. The Morgan fingerprint density at radius 2 is 1.84 bits per heavy atom. The van der Waals surface area contributed by atoms with Crippen molar-refractivity contribution in [1.82, 2.24) is 19.5 Å². The lowest BCUT2D eigenvalue weighted by Crippen LogP contribution is -2.55. The van der Waals surface area contributed by atoms with Crippen LogP contribution in [0.25, 0.3) is 0 Å². The number of amides is 2. The molecule has 0 bridgehead atoms. The molecule has 1 heterocycles. The molecule has 1 aliphatic heterocycles. The summed E-state index contributed by atoms with van der Waals surface area (Å²) < 4.78 is 16.5. The number of hydrogen-bond acceptors (Lipinski definition) is 7. The Kier molecular flexibility index (Phi) is 13.4. The topological polar surface area (TPSA) is 74.8 Å². The fraction of sp³-hybridized carbons (Fsp3) is 0.714. The number of rotatable bonds is 15. The van der Waals surface area contributed by atoms with Crippen LogP contribution in [0.5, 0.6) is 11.5 Å². The Labute approximate surface area is 230 Å². The van der Waals surface area contributed by atoms with Gasteiger partial charge in [-0.3, -0.25) is 9.59 Å². The average Bonchev–Trinajstić information content (AvgIpc) is 2.88. The maximum Gasteiger partial charge on any atom is 0.254 e. The molecule has 1 aliphatic rings. The minimum Gasteiger partial charge on any atom is -0.493 e. The zero-order chi connectivity index (χ0) is 28.2. The second kappa shape index (κ2) is 16.0. The first-order chi connectivity index (χ1) is 18.1. The molecular formula is C28H49BN4O5. The molecule has 0 radical (unpaired) electrons. The molecule has 214 valence electrons. The predicted octanol–water partition coefficient (Wildman–Crippen LogP) is 2.14. The fourth-order valence-corrected chi connectivity index (χ4v) is 5.05. The van der Waals surface area contributed by atoms with Crippen molar-refractivity contribution >= 4 is 19.8 Å². The summed E-state index contributed by atoms with van der Waals surface area (Å²) in [7, 11) is 9.38. The van der Waals surface area contributed by atoms with Crippen LogP contribution >= 0.6 is 0 Å². The van der Waals surface area contributed by atoms with E-state index in [2.05, 4.69) is 31.5 Å². The summed E-state index contributed by atoms with van der Waals surface area (Å²) in [6.07, 6.45) is 3.01. The number of likely N-dealkylation sites (N-methyl/N-ethyl adjacent to an activating group) is 2. The molecule has 0 N–H and O–H groups in total. The van der Waals surface area contributed by atoms with Crippen LogP contribution in [0.15, 0.2) is 18.2 Å². The summed E-state index contributed by atoms with van der Waals surface area (Å²) in [6.45, 7) is 10.3. The highest BCUT2D eigenvalue weighted by molar-refractivity contribution is 6.05. The van der Waals surface area contributed by atoms with Crippen molar-refractivity contribution in [1.29, 1.82) is 0 Å². The number of piperidine rings is 1. The van der Waals surface area contributed by atoms with Crippen molar-refractivity contribution in [3.8, 4) is 11.5 Å². The smallest absolute Gasteiger partial charge is 0.254 e. The minimum atomic E-state index is -0.0156. The summed E-state index contributed by atoms with van der Waals surface area (Å²) in [5, 5.41) is 0. The molecule has 0 aromatic heterocycles. The van der Waals surface area contributed by atoms with Crippen LogP contribution < -0.4 is 9.47 Å². The Bertz CT molecular complexity index is 885. The van der Waals surface area contributed by atoms with Gasteiger partial charge in [0, 0.05) is 76.4 Å². The van der Waals surface area contributed by atoms with E-state index in [4.69, 9.17) is 14.2 Å². The van der Waals surface area contributed by atoms with Crippen LogP contribution in [0.4, 0.5) is 0 Å². The Hall–Kier alpha value is -2.30. The minimum absolute atomic E-state index is 0.0156. The van der Waals surface area contributed by atoms with E-state index in [1.807, 2.05) is 30.8 Å². The lowest BCUT2D eigenvalue weighted by atomic mass is 9.90. The largest absolute Gasteiger partial charge is 0.493 e. The summed E-state index contributed by atoms with van der Waals surface area (Å²) >= 11 is 0. The van der Waals surface area contributed by atoms with Gasteiger partial charge in [0.25, 0.3) is 5.91 Å². The van der Waals surface area contributed by atoms with Gasteiger partial charge in [-0.1, -0.05) is 0 Å². The molecular weight excluding hydrogens is 483 g/mol. The predicted molar refractivity (Wildman–Crippen MR) is 154 cm³/mol. The van der Waals surface area contributed by atoms with E-state index < -0.39 is 0 Å². The number of benzene rings is 1. The SMILES string of the molecule is BN1CC(N(C(=O)c2ccc(OC)c(OCCCOC)c2)C(C)C)CC[C@H]1CC(=O)N(CC)CCN(C)C. The molecule has 10 heteroatoms. The first-order valence-corrected chi connectivity index (χ1v) is 13.9. The maximum absolute atomic E-state index is 13.8. The number of ether oxygens (including phenoxy) is 3. The zero-order valence-electron chi connectivity index (χ0n) is 24.9. The van der Waals surface area contributed by atoms with Crippen molar-refractivity contribution in [3.63, 3.8) is 0 Å². The number of carbonyl (C=O) groups is 2. The quantitative estimate of drug-likeness (QED) is 0.253. The van der Waals surface area contributed by atoms with Crippen LogP contribution in [0.3, 0.4) is 0 Å².